The Morgan fingerprint density at radius 1 is 1.40 bits per heavy atom. The fraction of sp³-hybridized carbons (Fsp3) is 0.500. The van der Waals surface area contributed by atoms with Gasteiger partial charge in [0.15, 0.2) is 11.5 Å². The van der Waals surface area contributed by atoms with Crippen molar-refractivity contribution in [3.05, 3.63) is 29.8 Å². The van der Waals surface area contributed by atoms with Crippen molar-refractivity contribution >= 4 is 6.08 Å². The number of benzene rings is 1. The fourth-order valence-electron chi connectivity index (χ4n) is 1.93. The summed E-state index contributed by atoms with van der Waals surface area (Å²) in [5, 5.41) is 13.1. The van der Waals surface area contributed by atoms with E-state index in [1.807, 2.05) is 37.3 Å². The molecule has 0 aromatic heterocycles. The van der Waals surface area contributed by atoms with Gasteiger partial charge in [-0.3, -0.25) is 0 Å². The van der Waals surface area contributed by atoms with Gasteiger partial charge in [0.2, 0.25) is 0 Å². The summed E-state index contributed by atoms with van der Waals surface area (Å²) in [6, 6.07) is 6.35. The monoisotopic (exact) mass is 277 g/mol. The minimum absolute atomic E-state index is 0.263. The Kier molecular flexibility index (Phi) is 5.44. The number of aliphatic hydroxyl groups excluding tert-OH is 1. The highest BCUT2D eigenvalue weighted by atomic mass is 16.5. The highest BCUT2D eigenvalue weighted by Gasteiger charge is 2.21. The van der Waals surface area contributed by atoms with Crippen LogP contribution in [-0.4, -0.2) is 37.5 Å². The molecule has 0 heterocycles. The minimum atomic E-state index is -0.504. The average molecular weight is 277 g/mol. The Labute approximate surface area is 120 Å². The van der Waals surface area contributed by atoms with E-state index in [1.54, 1.807) is 7.11 Å². The normalized spacial score (nSPS) is 16.4. The van der Waals surface area contributed by atoms with E-state index < -0.39 is 6.10 Å². The van der Waals surface area contributed by atoms with E-state index in [4.69, 9.17) is 9.47 Å². The van der Waals surface area contributed by atoms with Gasteiger partial charge in [0.25, 0.3) is 0 Å². The molecule has 0 amide bonds. The molecule has 1 atom stereocenters. The molecule has 2 rings (SSSR count). The van der Waals surface area contributed by atoms with Crippen LogP contribution >= 0.6 is 0 Å². The molecule has 1 aromatic rings. The van der Waals surface area contributed by atoms with Gasteiger partial charge in [0, 0.05) is 12.6 Å². The van der Waals surface area contributed by atoms with Crippen LogP contribution in [0.1, 0.15) is 25.3 Å². The second-order valence-corrected chi connectivity index (χ2v) is 5.06. The van der Waals surface area contributed by atoms with Crippen molar-refractivity contribution in [2.24, 2.45) is 0 Å². The predicted molar refractivity (Wildman–Crippen MR) is 80.2 cm³/mol. The van der Waals surface area contributed by atoms with Gasteiger partial charge in [0.1, 0.15) is 12.7 Å². The van der Waals surface area contributed by atoms with Gasteiger partial charge in [-0.15, -0.1) is 0 Å². The van der Waals surface area contributed by atoms with Crippen LogP contribution < -0.4 is 14.8 Å². The highest BCUT2D eigenvalue weighted by Crippen LogP contribution is 2.28. The number of allylic oxidation sites excluding steroid dienone is 1. The van der Waals surface area contributed by atoms with Crippen LogP contribution in [0.25, 0.3) is 6.08 Å². The van der Waals surface area contributed by atoms with Crippen molar-refractivity contribution in [2.45, 2.75) is 31.9 Å². The largest absolute Gasteiger partial charge is 0.493 e. The number of hydrogen-bond acceptors (Lipinski definition) is 4. The molecule has 20 heavy (non-hydrogen) atoms. The molecule has 1 aliphatic rings. The van der Waals surface area contributed by atoms with Crippen molar-refractivity contribution in [3.8, 4) is 11.5 Å². The van der Waals surface area contributed by atoms with Crippen molar-refractivity contribution in [2.75, 3.05) is 20.3 Å². The lowest BCUT2D eigenvalue weighted by atomic mass is 10.2. The number of methoxy groups -OCH3 is 1. The molecular formula is C16H23NO3. The zero-order valence-corrected chi connectivity index (χ0v) is 12.1. The van der Waals surface area contributed by atoms with Crippen molar-refractivity contribution in [1.29, 1.82) is 0 Å². The van der Waals surface area contributed by atoms with Crippen molar-refractivity contribution in [1.82, 2.24) is 5.32 Å². The first-order chi connectivity index (χ1) is 9.72. The molecule has 0 unspecified atom stereocenters. The molecule has 110 valence electrons. The minimum Gasteiger partial charge on any atom is -0.493 e. The van der Waals surface area contributed by atoms with E-state index >= 15 is 0 Å². The lowest BCUT2D eigenvalue weighted by molar-refractivity contribution is 0.104. The van der Waals surface area contributed by atoms with Crippen LogP contribution in [0.3, 0.4) is 0 Å². The number of ether oxygens (including phenoxy) is 2. The maximum Gasteiger partial charge on any atom is 0.161 e. The predicted octanol–water partition coefficient (Wildman–Crippen LogP) is 2.22. The molecule has 1 aliphatic carbocycles. The van der Waals surface area contributed by atoms with Crippen LogP contribution in [0.15, 0.2) is 24.3 Å². The molecule has 2 N–H and O–H groups in total. The van der Waals surface area contributed by atoms with Gasteiger partial charge in [-0.25, -0.2) is 0 Å². The molecule has 0 saturated heterocycles. The second kappa shape index (κ2) is 7.31. The van der Waals surface area contributed by atoms with E-state index in [9.17, 15) is 5.11 Å². The summed E-state index contributed by atoms with van der Waals surface area (Å²) in [7, 11) is 1.62. The van der Waals surface area contributed by atoms with Crippen LogP contribution in [0, 0.1) is 0 Å². The second-order valence-electron chi connectivity index (χ2n) is 5.06. The van der Waals surface area contributed by atoms with Gasteiger partial charge in [-0.05, 0) is 37.5 Å². The molecule has 0 bridgehead atoms. The molecule has 4 nitrogen and oxygen atoms in total. The summed E-state index contributed by atoms with van der Waals surface area (Å²) in [6.07, 6.45) is 5.90. The maximum atomic E-state index is 9.85. The fourth-order valence-corrected chi connectivity index (χ4v) is 1.93. The zero-order chi connectivity index (χ0) is 14.4. The Balaban J connectivity index is 1.87. The number of aliphatic hydroxyl groups is 1. The van der Waals surface area contributed by atoms with E-state index in [2.05, 4.69) is 5.32 Å². The smallest absolute Gasteiger partial charge is 0.161 e. The Hall–Kier alpha value is -1.52. The topological polar surface area (TPSA) is 50.7 Å². The van der Waals surface area contributed by atoms with E-state index in [1.165, 1.54) is 12.8 Å². The Morgan fingerprint density at radius 2 is 2.20 bits per heavy atom. The van der Waals surface area contributed by atoms with E-state index in [0.717, 1.165) is 5.56 Å². The van der Waals surface area contributed by atoms with Crippen molar-refractivity contribution < 1.29 is 14.6 Å². The molecule has 1 saturated carbocycles. The van der Waals surface area contributed by atoms with Gasteiger partial charge >= 0.3 is 0 Å². The number of rotatable bonds is 8. The van der Waals surface area contributed by atoms with Gasteiger partial charge in [-0.2, -0.15) is 0 Å². The Bertz CT molecular complexity index is 455. The summed E-state index contributed by atoms with van der Waals surface area (Å²) in [6.45, 7) is 2.81. The standard InChI is InChI=1S/C16H23NO3/c1-3-4-12-5-8-15(16(9-12)19-2)20-11-14(18)10-17-13-6-7-13/h3-5,8-9,13-14,17-18H,6-7,10-11H2,1-2H3/b4-3+/t14-/m1/s1. The third-order valence-corrected chi connectivity index (χ3v) is 3.20. The summed E-state index contributed by atoms with van der Waals surface area (Å²) in [5.74, 6) is 1.34. The first kappa shape index (κ1) is 14.9. The average Bonchev–Trinajstić information content (AvgIpc) is 3.28. The van der Waals surface area contributed by atoms with E-state index in [0.29, 0.717) is 24.1 Å². The summed E-state index contributed by atoms with van der Waals surface area (Å²) < 4.78 is 11.0. The maximum absolute atomic E-state index is 9.85. The molecule has 0 spiro atoms. The first-order valence-corrected chi connectivity index (χ1v) is 7.08. The molecule has 0 radical (unpaired) electrons. The van der Waals surface area contributed by atoms with Gasteiger partial charge in [0.05, 0.1) is 7.11 Å². The molecule has 1 aromatic carbocycles. The lowest BCUT2D eigenvalue weighted by Gasteiger charge is -2.15. The summed E-state index contributed by atoms with van der Waals surface area (Å²) in [4.78, 5) is 0. The first-order valence-electron chi connectivity index (χ1n) is 7.08. The SMILES string of the molecule is C/C=C/c1ccc(OC[C@H](O)CNC2CC2)c(OC)c1. The molecule has 4 heteroatoms. The summed E-state index contributed by atoms with van der Waals surface area (Å²) in [5.41, 5.74) is 1.06. The highest BCUT2D eigenvalue weighted by molar-refractivity contribution is 5.55. The van der Waals surface area contributed by atoms with Crippen LogP contribution in [0.4, 0.5) is 0 Å². The third-order valence-electron chi connectivity index (χ3n) is 3.20. The quantitative estimate of drug-likeness (QED) is 0.765. The van der Waals surface area contributed by atoms with Gasteiger partial charge in [-0.1, -0.05) is 18.2 Å². The third kappa shape index (κ3) is 4.54. The van der Waals surface area contributed by atoms with Gasteiger partial charge < -0.3 is 19.9 Å². The molecule has 0 aliphatic heterocycles. The zero-order valence-electron chi connectivity index (χ0n) is 12.1. The Morgan fingerprint density at radius 3 is 2.85 bits per heavy atom. The van der Waals surface area contributed by atoms with E-state index in [-0.39, 0.29) is 6.61 Å². The summed E-state index contributed by atoms with van der Waals surface area (Å²) >= 11 is 0. The number of hydrogen-bond donors (Lipinski definition) is 2. The molecular weight excluding hydrogens is 254 g/mol. The number of nitrogens with one attached hydrogen (secondary N) is 1. The van der Waals surface area contributed by atoms with Crippen LogP contribution in [0.5, 0.6) is 11.5 Å². The van der Waals surface area contributed by atoms with Crippen LogP contribution in [-0.2, 0) is 0 Å². The molecule has 1 fully saturated rings. The van der Waals surface area contributed by atoms with Crippen molar-refractivity contribution in [3.63, 3.8) is 0 Å². The lowest BCUT2D eigenvalue weighted by Crippen LogP contribution is -2.32. The van der Waals surface area contributed by atoms with Crippen LogP contribution in [0.2, 0.25) is 0 Å².